The molecule has 1 aliphatic rings. The molecule has 1 heterocycles. The van der Waals surface area contributed by atoms with Crippen molar-refractivity contribution in [2.24, 2.45) is 4.99 Å². The highest BCUT2D eigenvalue weighted by Gasteiger charge is 2.30. The van der Waals surface area contributed by atoms with Crippen LogP contribution in [-0.4, -0.2) is 63.0 Å². The quantitative estimate of drug-likeness (QED) is 0.355. The van der Waals surface area contributed by atoms with Crippen LogP contribution in [0.4, 0.5) is 0 Å². The number of hydrogen-bond donors (Lipinski definition) is 2. The lowest BCUT2D eigenvalue weighted by molar-refractivity contribution is -0.145. The standard InChI is InChI=1S/C18H28N4O3.HI/c1-18(24-11-12-25-18)9-10-19-17(21-14-16(23)22(2)3)20-13-15-7-5-4-6-8-15;/h4-8H,9-14H2,1-3H3,(H2,19,20,21);1H. The van der Waals surface area contributed by atoms with Gasteiger partial charge in [-0.15, -0.1) is 24.0 Å². The molecule has 0 bridgehead atoms. The zero-order chi connectivity index (χ0) is 18.1. The summed E-state index contributed by atoms with van der Waals surface area (Å²) in [5.74, 6) is 0.0427. The molecular formula is C18H29IN4O3. The maximum atomic E-state index is 11.8. The van der Waals surface area contributed by atoms with Gasteiger partial charge >= 0.3 is 0 Å². The summed E-state index contributed by atoms with van der Waals surface area (Å²) < 4.78 is 11.2. The molecule has 1 saturated heterocycles. The van der Waals surface area contributed by atoms with Gasteiger partial charge in [0, 0.05) is 27.1 Å². The van der Waals surface area contributed by atoms with Gasteiger partial charge in [-0.2, -0.15) is 0 Å². The van der Waals surface area contributed by atoms with Gasteiger partial charge in [0.25, 0.3) is 0 Å². The van der Waals surface area contributed by atoms with E-state index < -0.39 is 5.79 Å². The molecule has 2 N–H and O–H groups in total. The van der Waals surface area contributed by atoms with E-state index in [1.54, 1.807) is 19.0 Å². The predicted octanol–water partition coefficient (Wildman–Crippen LogP) is 1.58. The number of carbonyl (C=O) groups excluding carboxylic acids is 1. The number of carbonyl (C=O) groups is 1. The summed E-state index contributed by atoms with van der Waals surface area (Å²) in [6.45, 7) is 4.55. The second kappa shape index (κ2) is 11.3. The summed E-state index contributed by atoms with van der Waals surface area (Å²) in [5.41, 5.74) is 1.11. The first kappa shape index (κ1) is 22.7. The Morgan fingerprint density at radius 3 is 2.46 bits per heavy atom. The monoisotopic (exact) mass is 476 g/mol. The van der Waals surface area contributed by atoms with Crippen LogP contribution in [-0.2, 0) is 20.8 Å². The highest BCUT2D eigenvalue weighted by Crippen LogP contribution is 2.21. The largest absolute Gasteiger partial charge is 0.356 e. The minimum Gasteiger partial charge on any atom is -0.356 e. The minimum atomic E-state index is -0.545. The number of ether oxygens (including phenoxy) is 2. The Labute approximate surface area is 172 Å². The summed E-state index contributed by atoms with van der Waals surface area (Å²) in [7, 11) is 3.46. The fraction of sp³-hybridized carbons (Fsp3) is 0.556. The number of aliphatic imine (C=N–C) groups is 1. The number of guanidine groups is 1. The minimum absolute atomic E-state index is 0. The maximum Gasteiger partial charge on any atom is 0.241 e. The zero-order valence-corrected chi connectivity index (χ0v) is 18.0. The Morgan fingerprint density at radius 2 is 1.85 bits per heavy atom. The Hall–Kier alpha value is -1.39. The van der Waals surface area contributed by atoms with Crippen molar-refractivity contribution >= 4 is 35.8 Å². The molecule has 1 aliphatic heterocycles. The van der Waals surface area contributed by atoms with Crippen LogP contribution in [0.5, 0.6) is 0 Å². The van der Waals surface area contributed by atoms with E-state index in [4.69, 9.17) is 9.47 Å². The second-order valence-electron chi connectivity index (χ2n) is 6.30. The fourth-order valence-corrected chi connectivity index (χ4v) is 2.35. The molecule has 0 spiro atoms. The van der Waals surface area contributed by atoms with E-state index in [0.29, 0.717) is 38.7 Å². The number of nitrogens with one attached hydrogen (secondary N) is 2. The second-order valence-corrected chi connectivity index (χ2v) is 6.30. The van der Waals surface area contributed by atoms with Crippen molar-refractivity contribution in [3.8, 4) is 0 Å². The summed E-state index contributed by atoms with van der Waals surface area (Å²) in [5, 5.41) is 6.32. The van der Waals surface area contributed by atoms with E-state index >= 15 is 0 Å². The molecule has 146 valence electrons. The number of halogens is 1. The van der Waals surface area contributed by atoms with Crippen LogP contribution >= 0.6 is 24.0 Å². The van der Waals surface area contributed by atoms with Gasteiger partial charge in [0.2, 0.25) is 5.91 Å². The molecule has 0 atom stereocenters. The summed E-state index contributed by atoms with van der Waals surface area (Å²) in [6.07, 6.45) is 0.695. The molecular weight excluding hydrogens is 447 g/mol. The first-order chi connectivity index (χ1) is 12.0. The van der Waals surface area contributed by atoms with Crippen LogP contribution in [0.2, 0.25) is 0 Å². The van der Waals surface area contributed by atoms with Crippen molar-refractivity contribution < 1.29 is 14.3 Å². The molecule has 7 nitrogen and oxygen atoms in total. The highest BCUT2D eigenvalue weighted by atomic mass is 127. The lowest BCUT2D eigenvalue weighted by Gasteiger charge is -2.23. The van der Waals surface area contributed by atoms with E-state index in [9.17, 15) is 4.79 Å². The first-order valence-corrected chi connectivity index (χ1v) is 8.53. The van der Waals surface area contributed by atoms with E-state index in [1.165, 1.54) is 0 Å². The van der Waals surface area contributed by atoms with Gasteiger partial charge in [-0.25, -0.2) is 4.99 Å². The molecule has 26 heavy (non-hydrogen) atoms. The number of rotatable bonds is 7. The normalized spacial score (nSPS) is 15.9. The first-order valence-electron chi connectivity index (χ1n) is 8.53. The Morgan fingerprint density at radius 1 is 1.19 bits per heavy atom. The number of likely N-dealkylation sites (N-methyl/N-ethyl adjacent to an activating group) is 1. The molecule has 1 fully saturated rings. The van der Waals surface area contributed by atoms with Crippen molar-refractivity contribution in [3.05, 3.63) is 35.9 Å². The van der Waals surface area contributed by atoms with Crippen LogP contribution in [0.3, 0.4) is 0 Å². The molecule has 1 amide bonds. The van der Waals surface area contributed by atoms with Gasteiger partial charge < -0.3 is 25.0 Å². The molecule has 0 saturated carbocycles. The van der Waals surface area contributed by atoms with E-state index in [1.807, 2.05) is 37.3 Å². The molecule has 8 heteroatoms. The van der Waals surface area contributed by atoms with Crippen LogP contribution in [0, 0.1) is 0 Å². The van der Waals surface area contributed by atoms with Gasteiger partial charge in [0.05, 0.1) is 26.3 Å². The van der Waals surface area contributed by atoms with Crippen molar-refractivity contribution in [3.63, 3.8) is 0 Å². The predicted molar refractivity (Wildman–Crippen MR) is 113 cm³/mol. The van der Waals surface area contributed by atoms with Gasteiger partial charge in [-0.1, -0.05) is 30.3 Å². The average Bonchev–Trinajstić information content (AvgIpc) is 3.04. The molecule has 0 aliphatic carbocycles. The lowest BCUT2D eigenvalue weighted by Crippen LogP contribution is -2.44. The lowest BCUT2D eigenvalue weighted by atomic mass is 10.2. The van der Waals surface area contributed by atoms with E-state index in [2.05, 4.69) is 15.6 Å². The molecule has 1 aromatic carbocycles. The number of amides is 1. The molecule has 1 aromatic rings. The van der Waals surface area contributed by atoms with Crippen LogP contribution in [0.25, 0.3) is 0 Å². The van der Waals surface area contributed by atoms with Crippen LogP contribution in [0.15, 0.2) is 35.3 Å². The topological polar surface area (TPSA) is 75.2 Å². The SMILES string of the molecule is CN(C)C(=O)CNC(=NCc1ccccc1)NCCC1(C)OCCO1.I. The maximum absolute atomic E-state index is 11.8. The highest BCUT2D eigenvalue weighted by molar-refractivity contribution is 14.0. The van der Waals surface area contributed by atoms with Gasteiger partial charge in [-0.05, 0) is 12.5 Å². The summed E-state index contributed by atoms with van der Waals surface area (Å²) in [4.78, 5) is 17.9. The van der Waals surface area contributed by atoms with Gasteiger partial charge in [0.1, 0.15) is 0 Å². The zero-order valence-electron chi connectivity index (χ0n) is 15.7. The molecule has 0 unspecified atom stereocenters. The third-order valence-corrected chi connectivity index (χ3v) is 3.94. The number of benzene rings is 1. The van der Waals surface area contributed by atoms with Crippen molar-refractivity contribution in [1.82, 2.24) is 15.5 Å². The van der Waals surface area contributed by atoms with Crippen molar-refractivity contribution in [1.29, 1.82) is 0 Å². The fourth-order valence-electron chi connectivity index (χ4n) is 2.35. The Bertz CT molecular complexity index is 575. The third kappa shape index (κ3) is 7.88. The summed E-state index contributed by atoms with van der Waals surface area (Å²) in [6, 6.07) is 9.98. The van der Waals surface area contributed by atoms with Gasteiger partial charge in [0.15, 0.2) is 11.7 Å². The van der Waals surface area contributed by atoms with E-state index in [0.717, 1.165) is 5.56 Å². The van der Waals surface area contributed by atoms with Crippen molar-refractivity contribution in [2.45, 2.75) is 25.7 Å². The number of nitrogens with zero attached hydrogens (tertiary/aromatic N) is 2. The molecule has 0 aromatic heterocycles. The van der Waals surface area contributed by atoms with Crippen LogP contribution < -0.4 is 10.6 Å². The Kier molecular flexibility index (Phi) is 9.89. The Balaban J connectivity index is 0.00000338. The van der Waals surface area contributed by atoms with E-state index in [-0.39, 0.29) is 36.4 Å². The molecule has 0 radical (unpaired) electrons. The summed E-state index contributed by atoms with van der Waals surface area (Å²) >= 11 is 0. The third-order valence-electron chi connectivity index (χ3n) is 3.94. The van der Waals surface area contributed by atoms with Gasteiger partial charge in [-0.3, -0.25) is 4.79 Å². The number of hydrogen-bond acceptors (Lipinski definition) is 4. The van der Waals surface area contributed by atoms with Crippen molar-refractivity contribution in [2.75, 3.05) is 40.4 Å². The van der Waals surface area contributed by atoms with Crippen LogP contribution in [0.1, 0.15) is 18.9 Å². The smallest absolute Gasteiger partial charge is 0.241 e. The average molecular weight is 476 g/mol. The molecule has 2 rings (SSSR count).